The van der Waals surface area contributed by atoms with Crippen LogP contribution in [0, 0.1) is 52.3 Å². The van der Waals surface area contributed by atoms with Gasteiger partial charge in [0.05, 0.1) is 24.2 Å². The van der Waals surface area contributed by atoms with Crippen LogP contribution in [0.5, 0.6) is 0 Å². The monoisotopic (exact) mass is 644 g/mol. The van der Waals surface area contributed by atoms with Gasteiger partial charge in [0.2, 0.25) is 6.79 Å². The van der Waals surface area contributed by atoms with Crippen molar-refractivity contribution in [3.8, 4) is 0 Å². The molecule has 6 N–H and O–H groups in total. The van der Waals surface area contributed by atoms with E-state index in [9.17, 15) is 44.6 Å². The van der Waals surface area contributed by atoms with Crippen molar-refractivity contribution < 1.29 is 54.1 Å². The van der Waals surface area contributed by atoms with E-state index in [2.05, 4.69) is 27.1 Å². The van der Waals surface area contributed by atoms with E-state index in [4.69, 9.17) is 9.47 Å². The van der Waals surface area contributed by atoms with Crippen LogP contribution >= 0.6 is 7.34 Å². The molecule has 0 spiro atoms. The number of ether oxygens (including phenoxy) is 2. The summed E-state index contributed by atoms with van der Waals surface area (Å²) in [4.78, 5) is 54.6. The van der Waals surface area contributed by atoms with Gasteiger partial charge in [-0.1, -0.05) is 27.1 Å². The predicted molar refractivity (Wildman–Crippen MR) is 163 cm³/mol. The summed E-state index contributed by atoms with van der Waals surface area (Å²) in [5.41, 5.74) is -0.354. The van der Waals surface area contributed by atoms with Gasteiger partial charge in [-0.3, -0.25) is 14.4 Å². The Hall–Kier alpha value is -1.49. The van der Waals surface area contributed by atoms with Gasteiger partial charge < -0.3 is 39.7 Å². The quantitative estimate of drug-likeness (QED) is 0.104. The number of carbonyl (C=O) groups is 3. The van der Waals surface area contributed by atoms with E-state index in [1.165, 1.54) is 0 Å². The number of aliphatic hydroxyl groups is 3. The molecule has 44 heavy (non-hydrogen) atoms. The number of carboxylic acid groups (broad SMARTS) is 1. The average Bonchev–Trinajstić information content (AvgIpc) is 3.29. The smallest absolute Gasteiger partial charge is 0.308 e. The molecule has 4 aliphatic carbocycles. The number of aliphatic hydroxyl groups excluding tert-OH is 3. The van der Waals surface area contributed by atoms with Gasteiger partial charge >= 0.3 is 17.9 Å². The SMILES string of the molecule is C=P(O)(O)CC(CCC(=O)OCOC(=O)CC[C@@H](C)C1CCC2C3C(C[C@H](O)[C@@]21C)[C@@]1(C)CC[C@@H](O)C[C@H]1C[C@H]3O)C(=O)O. The number of fused-ring (bicyclic) bond motifs is 5. The molecule has 4 aliphatic rings. The summed E-state index contributed by atoms with van der Waals surface area (Å²) in [6.45, 7) is 6.00. The normalized spacial score (nSPS) is 39.7. The van der Waals surface area contributed by atoms with Crippen molar-refractivity contribution in [2.24, 2.45) is 52.3 Å². The fourth-order valence-corrected chi connectivity index (χ4v) is 11.0. The molecule has 5 unspecified atom stereocenters. The van der Waals surface area contributed by atoms with Crippen molar-refractivity contribution >= 4 is 31.5 Å². The van der Waals surface area contributed by atoms with Crippen molar-refractivity contribution in [1.29, 1.82) is 0 Å². The van der Waals surface area contributed by atoms with E-state index in [-0.39, 0.29) is 71.7 Å². The number of esters is 2. The fraction of sp³-hybridized carbons (Fsp3) is 0.875. The molecule has 0 saturated heterocycles. The van der Waals surface area contributed by atoms with Gasteiger partial charge in [-0.15, -0.1) is 0 Å². The van der Waals surface area contributed by atoms with Crippen LogP contribution in [0.4, 0.5) is 0 Å². The summed E-state index contributed by atoms with van der Waals surface area (Å²) in [5, 5.41) is 42.7. The summed E-state index contributed by atoms with van der Waals surface area (Å²) in [7, 11) is -3.56. The highest BCUT2D eigenvalue weighted by Gasteiger charge is 2.65. The lowest BCUT2D eigenvalue weighted by molar-refractivity contribution is -0.207. The lowest BCUT2D eigenvalue weighted by Gasteiger charge is -2.63. The number of rotatable bonds is 12. The topological polar surface area (TPSA) is 191 Å². The molecule has 0 radical (unpaired) electrons. The lowest BCUT2D eigenvalue weighted by Crippen LogP contribution is -2.62. The van der Waals surface area contributed by atoms with Gasteiger partial charge in [0.25, 0.3) is 0 Å². The number of carboxylic acids is 1. The van der Waals surface area contributed by atoms with Crippen molar-refractivity contribution in [2.45, 2.75) is 110 Å². The van der Waals surface area contributed by atoms with Gasteiger partial charge in [0.15, 0.2) is 0 Å². The minimum Gasteiger partial charge on any atom is -0.481 e. The Morgan fingerprint density at radius 2 is 1.57 bits per heavy atom. The van der Waals surface area contributed by atoms with Crippen molar-refractivity contribution in [1.82, 2.24) is 0 Å². The lowest BCUT2D eigenvalue weighted by atomic mass is 9.43. The van der Waals surface area contributed by atoms with E-state index in [0.29, 0.717) is 19.3 Å². The molecule has 0 aliphatic heterocycles. The molecule has 4 rings (SSSR count). The highest BCUT2D eigenvalue weighted by Crippen LogP contribution is 2.68. The first-order chi connectivity index (χ1) is 20.5. The zero-order chi connectivity index (χ0) is 32.6. The molecule has 0 aromatic rings. The third-order valence-corrected chi connectivity index (χ3v) is 13.3. The Bertz CT molecular complexity index is 1110. The predicted octanol–water partition coefficient (Wildman–Crippen LogP) is 3.15. The molecule has 252 valence electrons. The Morgan fingerprint density at radius 1 is 0.932 bits per heavy atom. The van der Waals surface area contributed by atoms with Crippen LogP contribution in [0.15, 0.2) is 0 Å². The van der Waals surface area contributed by atoms with E-state index in [1.807, 2.05) is 0 Å². The third-order valence-electron chi connectivity index (χ3n) is 12.3. The van der Waals surface area contributed by atoms with E-state index >= 15 is 0 Å². The summed E-state index contributed by atoms with van der Waals surface area (Å²) in [6.07, 6.45) is 7.32. The average molecular weight is 645 g/mol. The van der Waals surface area contributed by atoms with Gasteiger partial charge in [0.1, 0.15) is 7.34 Å². The molecule has 0 aromatic carbocycles. The molecule has 0 heterocycles. The van der Waals surface area contributed by atoms with Crippen molar-refractivity contribution in [3.05, 3.63) is 0 Å². The molecule has 4 fully saturated rings. The summed E-state index contributed by atoms with van der Waals surface area (Å²) < 4.78 is 10.00. The molecular formula is C32H53O11P. The first kappa shape index (κ1) is 35.4. The van der Waals surface area contributed by atoms with Crippen molar-refractivity contribution in [3.63, 3.8) is 0 Å². The first-order valence-electron chi connectivity index (χ1n) is 16.2. The third kappa shape index (κ3) is 7.39. The van der Waals surface area contributed by atoms with Crippen LogP contribution < -0.4 is 0 Å². The zero-order valence-corrected chi connectivity index (χ0v) is 27.2. The molecule has 4 saturated carbocycles. The van der Waals surface area contributed by atoms with Crippen LogP contribution in [-0.2, 0) is 23.9 Å². The van der Waals surface area contributed by atoms with Crippen LogP contribution in [0.3, 0.4) is 0 Å². The second-order valence-electron chi connectivity index (χ2n) is 14.8. The molecule has 0 bridgehead atoms. The van der Waals surface area contributed by atoms with Gasteiger partial charge in [-0.05, 0) is 104 Å². The second kappa shape index (κ2) is 13.7. The molecule has 0 amide bonds. The standard InChI is InChI=1S/C32H53O11P/c1-18(5-9-27(36)42-17-43-28(37)10-6-19(30(38)39)16-44(4,40)41)22-7-8-23-29-24(15-26(35)32(22,23)3)31(2)12-11-21(33)13-20(31)14-25(29)34/h18-26,29,33-35,40-41H,4-17H2,1-3H3,(H,38,39)/t18-,19?,20+,21-,22?,23?,24?,25-,26+,29?,31+,32-/m1/s1. The zero-order valence-electron chi connectivity index (χ0n) is 26.3. The van der Waals surface area contributed by atoms with Crippen LogP contribution in [-0.4, -0.2) is 85.7 Å². The van der Waals surface area contributed by atoms with Gasteiger partial charge in [0, 0.05) is 19.0 Å². The maximum absolute atomic E-state index is 12.5. The van der Waals surface area contributed by atoms with E-state index in [1.54, 1.807) is 0 Å². The molecule has 0 aromatic heterocycles. The first-order valence-corrected chi connectivity index (χ1v) is 18.3. The Kier molecular flexibility index (Phi) is 11.0. The Balaban J connectivity index is 1.26. The van der Waals surface area contributed by atoms with Gasteiger partial charge in [-0.25, -0.2) is 0 Å². The van der Waals surface area contributed by atoms with Crippen LogP contribution in [0.2, 0.25) is 0 Å². The molecular weight excluding hydrogens is 591 g/mol. The highest BCUT2D eigenvalue weighted by atomic mass is 31.2. The molecule has 12 heteroatoms. The number of carbonyl (C=O) groups excluding carboxylic acids is 2. The van der Waals surface area contributed by atoms with E-state index < -0.39 is 56.3 Å². The Morgan fingerprint density at radius 3 is 2.18 bits per heavy atom. The minimum absolute atomic E-state index is 0.0132. The van der Waals surface area contributed by atoms with Crippen molar-refractivity contribution in [2.75, 3.05) is 13.0 Å². The largest absolute Gasteiger partial charge is 0.481 e. The van der Waals surface area contributed by atoms with E-state index in [0.717, 1.165) is 32.1 Å². The maximum Gasteiger partial charge on any atom is 0.308 e. The number of aliphatic carboxylic acids is 1. The highest BCUT2D eigenvalue weighted by molar-refractivity contribution is 7.62. The maximum atomic E-state index is 12.5. The molecule has 12 atom stereocenters. The summed E-state index contributed by atoms with van der Waals surface area (Å²) in [6, 6.07) is 0. The fourth-order valence-electron chi connectivity index (χ4n) is 9.92. The molecule has 11 nitrogen and oxygen atoms in total. The minimum atomic E-state index is -3.56. The van der Waals surface area contributed by atoms with Crippen LogP contribution in [0.25, 0.3) is 0 Å². The van der Waals surface area contributed by atoms with Crippen LogP contribution in [0.1, 0.15) is 91.4 Å². The number of hydrogen-bond acceptors (Lipinski definition) is 10. The summed E-state index contributed by atoms with van der Waals surface area (Å²) in [5.74, 6) is -2.59. The Labute approximate surface area is 260 Å². The van der Waals surface area contributed by atoms with Gasteiger partial charge in [-0.2, -0.15) is 0 Å². The summed E-state index contributed by atoms with van der Waals surface area (Å²) >= 11 is 0. The second-order valence-corrected chi connectivity index (χ2v) is 16.9. The number of hydrogen-bond donors (Lipinski definition) is 6.